The van der Waals surface area contributed by atoms with Gasteiger partial charge in [0.25, 0.3) is 0 Å². The van der Waals surface area contributed by atoms with Crippen LogP contribution in [0, 0.1) is 17.5 Å². The highest BCUT2D eigenvalue weighted by Crippen LogP contribution is 2.30. The predicted octanol–water partition coefficient (Wildman–Crippen LogP) is 3.43. The average Bonchev–Trinajstić information content (AvgIpc) is 2.81. The molecule has 0 unspecified atom stereocenters. The zero-order chi connectivity index (χ0) is 14.3. The topological polar surface area (TPSA) is 63.8 Å². The van der Waals surface area contributed by atoms with Crippen molar-refractivity contribution in [2.75, 3.05) is 11.1 Å². The molecule has 0 saturated carbocycles. The molecule has 0 bridgehead atoms. The average molecular weight is 296 g/mol. The van der Waals surface area contributed by atoms with Gasteiger partial charge in [0, 0.05) is 12.1 Å². The summed E-state index contributed by atoms with van der Waals surface area (Å²) in [5, 5.41) is 4.82. The lowest BCUT2D eigenvalue weighted by molar-refractivity contribution is 0.549. The molecule has 4 nitrogen and oxygen atoms in total. The minimum absolute atomic E-state index is 0.0228. The lowest BCUT2D eigenvalue weighted by Crippen LogP contribution is -2.03. The first kappa shape index (κ1) is 12.7. The summed E-state index contributed by atoms with van der Waals surface area (Å²) in [7, 11) is 0. The molecule has 1 aromatic carbocycles. The number of anilines is 3. The molecule has 0 aliphatic rings. The second-order valence-corrected chi connectivity index (χ2v) is 4.83. The molecular weight excluding hydrogens is 289 g/mol. The molecule has 0 atom stereocenters. The first-order chi connectivity index (χ1) is 9.54. The fraction of sp³-hybridized carbons (Fsp3) is 0. The number of nitrogens with zero attached hydrogens (tertiary/aromatic N) is 2. The molecule has 0 saturated heterocycles. The molecule has 3 N–H and O–H groups in total. The molecule has 102 valence electrons. The number of benzene rings is 1. The molecule has 3 rings (SSSR count). The summed E-state index contributed by atoms with van der Waals surface area (Å²) in [6.07, 6.45) is 0. The first-order valence-corrected chi connectivity index (χ1v) is 6.35. The molecule has 0 amide bonds. The summed E-state index contributed by atoms with van der Waals surface area (Å²) < 4.78 is 40.1. The number of fused-ring (bicyclic) bond motifs is 1. The van der Waals surface area contributed by atoms with E-state index in [1.54, 1.807) is 11.4 Å². The van der Waals surface area contributed by atoms with Crippen LogP contribution in [0.4, 0.5) is 30.6 Å². The molecule has 0 radical (unpaired) electrons. The second-order valence-electron chi connectivity index (χ2n) is 3.94. The van der Waals surface area contributed by atoms with Crippen LogP contribution in [-0.2, 0) is 0 Å². The third-order valence-electron chi connectivity index (χ3n) is 2.59. The van der Waals surface area contributed by atoms with Gasteiger partial charge in [-0.1, -0.05) is 0 Å². The minimum atomic E-state index is -1.05. The zero-order valence-electron chi connectivity index (χ0n) is 9.82. The van der Waals surface area contributed by atoms with Crippen LogP contribution in [0.5, 0.6) is 0 Å². The van der Waals surface area contributed by atoms with Crippen LogP contribution in [0.2, 0.25) is 0 Å². The monoisotopic (exact) mass is 296 g/mol. The Hall–Kier alpha value is -2.35. The lowest BCUT2D eigenvalue weighted by atomic mass is 10.2. The molecule has 0 spiro atoms. The molecule has 2 heterocycles. The normalized spacial score (nSPS) is 10.9. The number of nitrogens with one attached hydrogen (secondary N) is 1. The number of aromatic nitrogens is 2. The van der Waals surface area contributed by atoms with E-state index < -0.39 is 23.1 Å². The smallest absolute Gasteiger partial charge is 0.223 e. The number of thiophene rings is 1. The van der Waals surface area contributed by atoms with E-state index in [1.807, 2.05) is 0 Å². The van der Waals surface area contributed by atoms with Gasteiger partial charge < -0.3 is 11.1 Å². The molecular formula is C12H7F3N4S. The van der Waals surface area contributed by atoms with Gasteiger partial charge in [-0.3, -0.25) is 0 Å². The number of rotatable bonds is 2. The standard InChI is InChI=1S/C12H7F3N4S/c13-5-3-7(14)9(8(15)4-5)17-10-6-1-2-20-11(6)19-12(16)18-10/h1-4H,(H3,16,17,18,19). The van der Waals surface area contributed by atoms with Crippen LogP contribution in [0.15, 0.2) is 23.6 Å². The Bertz CT molecular complexity index is 779. The minimum Gasteiger partial charge on any atom is -0.368 e. The lowest BCUT2D eigenvalue weighted by Gasteiger charge is -2.09. The molecule has 2 aromatic heterocycles. The van der Waals surface area contributed by atoms with Gasteiger partial charge >= 0.3 is 0 Å². The van der Waals surface area contributed by atoms with Gasteiger partial charge in [0.05, 0.1) is 5.39 Å². The van der Waals surface area contributed by atoms with E-state index in [1.165, 1.54) is 11.3 Å². The van der Waals surface area contributed by atoms with E-state index >= 15 is 0 Å². The maximum atomic E-state index is 13.6. The van der Waals surface area contributed by atoms with E-state index in [9.17, 15) is 13.2 Å². The van der Waals surface area contributed by atoms with Gasteiger partial charge in [-0.25, -0.2) is 18.2 Å². The maximum Gasteiger partial charge on any atom is 0.223 e. The van der Waals surface area contributed by atoms with Crippen LogP contribution in [-0.4, -0.2) is 9.97 Å². The molecule has 20 heavy (non-hydrogen) atoms. The van der Waals surface area contributed by atoms with E-state index in [0.29, 0.717) is 22.3 Å². The Labute approximate surface area is 115 Å². The van der Waals surface area contributed by atoms with E-state index in [2.05, 4.69) is 15.3 Å². The number of nitrogens with two attached hydrogens (primary N) is 1. The van der Waals surface area contributed by atoms with Gasteiger partial charge in [-0.05, 0) is 11.4 Å². The molecule has 0 fully saturated rings. The summed E-state index contributed by atoms with van der Waals surface area (Å²) in [5.74, 6) is -2.96. The third kappa shape index (κ3) is 2.14. The Morgan fingerprint density at radius 3 is 2.50 bits per heavy atom. The Balaban J connectivity index is 2.12. The summed E-state index contributed by atoms with van der Waals surface area (Å²) in [6.45, 7) is 0. The van der Waals surface area contributed by atoms with Gasteiger partial charge in [0.2, 0.25) is 5.95 Å². The van der Waals surface area contributed by atoms with Crippen molar-refractivity contribution in [1.29, 1.82) is 0 Å². The summed E-state index contributed by atoms with van der Waals surface area (Å²) in [6, 6.07) is 2.86. The largest absolute Gasteiger partial charge is 0.368 e. The van der Waals surface area contributed by atoms with Crippen molar-refractivity contribution in [2.24, 2.45) is 0 Å². The molecule has 3 aromatic rings. The van der Waals surface area contributed by atoms with E-state index in [0.717, 1.165) is 0 Å². The molecule has 0 aliphatic carbocycles. The highest BCUT2D eigenvalue weighted by atomic mass is 32.1. The van der Waals surface area contributed by atoms with E-state index in [-0.39, 0.29) is 11.8 Å². The van der Waals surface area contributed by atoms with Crippen molar-refractivity contribution in [1.82, 2.24) is 9.97 Å². The zero-order valence-corrected chi connectivity index (χ0v) is 10.6. The SMILES string of the molecule is Nc1nc(Nc2c(F)cc(F)cc2F)c2ccsc2n1. The van der Waals surface area contributed by atoms with Crippen molar-refractivity contribution in [3.05, 3.63) is 41.0 Å². The summed E-state index contributed by atoms with van der Waals surface area (Å²) >= 11 is 1.32. The van der Waals surface area contributed by atoms with Gasteiger partial charge in [-0.15, -0.1) is 11.3 Å². The van der Waals surface area contributed by atoms with Crippen molar-refractivity contribution in [3.8, 4) is 0 Å². The second kappa shape index (κ2) is 4.64. The highest BCUT2D eigenvalue weighted by Gasteiger charge is 2.15. The Morgan fingerprint density at radius 1 is 1.10 bits per heavy atom. The van der Waals surface area contributed by atoms with Gasteiger partial charge in [-0.2, -0.15) is 4.98 Å². The summed E-state index contributed by atoms with van der Waals surface area (Å²) in [4.78, 5) is 8.49. The number of hydrogen-bond donors (Lipinski definition) is 2. The van der Waals surface area contributed by atoms with Gasteiger partial charge in [0.15, 0.2) is 11.6 Å². The maximum absolute atomic E-state index is 13.6. The highest BCUT2D eigenvalue weighted by molar-refractivity contribution is 7.16. The quantitative estimate of drug-likeness (QED) is 0.760. The van der Waals surface area contributed by atoms with Crippen LogP contribution in [0.1, 0.15) is 0 Å². The van der Waals surface area contributed by atoms with Crippen LogP contribution in [0.25, 0.3) is 10.2 Å². The van der Waals surface area contributed by atoms with Crippen molar-refractivity contribution in [3.63, 3.8) is 0 Å². The molecule has 8 heteroatoms. The fourth-order valence-corrected chi connectivity index (χ4v) is 2.52. The predicted molar refractivity (Wildman–Crippen MR) is 71.4 cm³/mol. The van der Waals surface area contributed by atoms with Crippen molar-refractivity contribution >= 4 is 39.0 Å². The number of halogens is 3. The van der Waals surface area contributed by atoms with Crippen LogP contribution < -0.4 is 11.1 Å². The Morgan fingerprint density at radius 2 is 1.80 bits per heavy atom. The van der Waals surface area contributed by atoms with Crippen LogP contribution >= 0.6 is 11.3 Å². The number of hydrogen-bond acceptors (Lipinski definition) is 5. The fourth-order valence-electron chi connectivity index (χ4n) is 1.75. The van der Waals surface area contributed by atoms with Crippen molar-refractivity contribution in [2.45, 2.75) is 0 Å². The molecule has 0 aliphatic heterocycles. The Kier molecular flexibility index (Phi) is 2.94. The van der Waals surface area contributed by atoms with Crippen molar-refractivity contribution < 1.29 is 13.2 Å². The third-order valence-corrected chi connectivity index (χ3v) is 3.40. The van der Waals surface area contributed by atoms with Crippen LogP contribution in [0.3, 0.4) is 0 Å². The summed E-state index contributed by atoms with van der Waals surface area (Å²) in [5.41, 5.74) is 5.05. The van der Waals surface area contributed by atoms with E-state index in [4.69, 9.17) is 5.73 Å². The van der Waals surface area contributed by atoms with Gasteiger partial charge in [0.1, 0.15) is 22.2 Å². The first-order valence-electron chi connectivity index (χ1n) is 5.47. The number of nitrogen functional groups attached to an aromatic ring is 1.